The van der Waals surface area contributed by atoms with Gasteiger partial charge in [-0.1, -0.05) is 89.4 Å². The largest absolute Gasteiger partial charge is 0.0654 e. The highest BCUT2D eigenvalue weighted by Gasteiger charge is 2.44. The van der Waals surface area contributed by atoms with Crippen molar-refractivity contribution in [1.29, 1.82) is 0 Å². The molecule has 0 aromatic heterocycles. The summed E-state index contributed by atoms with van der Waals surface area (Å²) in [7, 11) is 1.33. The molecule has 0 unspecified atom stereocenters. The van der Waals surface area contributed by atoms with Crippen LogP contribution in [0.2, 0.25) is 0 Å². The fraction of sp³-hybridized carbons (Fsp3) is 1.00. The molecule has 2 aliphatic carbocycles. The monoisotopic (exact) mass is 340 g/mol. The highest BCUT2D eigenvalue weighted by Crippen LogP contribution is 2.53. The van der Waals surface area contributed by atoms with Crippen LogP contribution in [0.15, 0.2) is 0 Å². The molecule has 2 aliphatic rings. The van der Waals surface area contributed by atoms with Gasteiger partial charge in [-0.15, -0.1) is 0 Å². The van der Waals surface area contributed by atoms with E-state index in [2.05, 4.69) is 6.92 Å². The molecule has 0 bridgehead atoms. The molecule has 0 saturated heterocycles. The summed E-state index contributed by atoms with van der Waals surface area (Å²) in [5.41, 5.74) is 0. The number of unbranched alkanes of at least 4 members (excludes halogenated alkanes) is 4. The predicted octanol–water partition coefficient (Wildman–Crippen LogP) is 7.65. The molecule has 2 saturated carbocycles. The molecule has 2 rings (SSSR count). The SMILES string of the molecule is CCCCCCCC(P=S)(C1CCCCC1)C1CCCCC1. The lowest BCUT2D eigenvalue weighted by molar-refractivity contribution is 0.162. The Bertz CT molecular complexity index is 285. The molecular formula is C20H37PS. The first-order chi connectivity index (χ1) is 10.8. The van der Waals surface area contributed by atoms with Crippen molar-refractivity contribution in [2.75, 3.05) is 0 Å². The fourth-order valence-electron chi connectivity index (χ4n) is 5.15. The van der Waals surface area contributed by atoms with Gasteiger partial charge in [0.05, 0.1) is 0 Å². The zero-order valence-electron chi connectivity index (χ0n) is 14.8. The summed E-state index contributed by atoms with van der Waals surface area (Å²) in [5.74, 6) is 1.91. The Kier molecular flexibility index (Phi) is 8.91. The molecule has 0 aromatic carbocycles. The van der Waals surface area contributed by atoms with Crippen LogP contribution in [-0.4, -0.2) is 5.16 Å². The lowest BCUT2D eigenvalue weighted by Crippen LogP contribution is -2.42. The molecule has 128 valence electrons. The minimum Gasteiger partial charge on any atom is -0.0654 e. The normalized spacial score (nSPS) is 22.2. The van der Waals surface area contributed by atoms with Crippen LogP contribution in [0.4, 0.5) is 0 Å². The van der Waals surface area contributed by atoms with Gasteiger partial charge in [-0.3, -0.25) is 0 Å². The third-order valence-corrected chi connectivity index (χ3v) is 8.79. The summed E-state index contributed by atoms with van der Waals surface area (Å²) in [6.07, 6.45) is 23.3. The second-order valence-electron chi connectivity index (χ2n) is 7.92. The van der Waals surface area contributed by atoms with Gasteiger partial charge in [-0.25, -0.2) is 0 Å². The molecule has 0 amide bonds. The molecule has 0 atom stereocenters. The third kappa shape index (κ3) is 5.01. The van der Waals surface area contributed by atoms with E-state index in [1.165, 1.54) is 110 Å². The summed E-state index contributed by atoms with van der Waals surface area (Å²) >= 11 is 5.82. The maximum absolute atomic E-state index is 5.82. The zero-order chi connectivity index (χ0) is 15.7. The molecule has 0 N–H and O–H groups in total. The van der Waals surface area contributed by atoms with Crippen molar-refractivity contribution in [1.82, 2.24) is 0 Å². The molecule has 22 heavy (non-hydrogen) atoms. The summed E-state index contributed by atoms with van der Waals surface area (Å²) in [5, 5.41) is 0.516. The fourth-order valence-corrected chi connectivity index (χ4v) is 7.39. The van der Waals surface area contributed by atoms with Gasteiger partial charge in [0.15, 0.2) is 0 Å². The Morgan fingerprint density at radius 2 is 1.27 bits per heavy atom. The minimum absolute atomic E-state index is 0.516. The smallest absolute Gasteiger partial charge is 0.0282 e. The van der Waals surface area contributed by atoms with Crippen LogP contribution >= 0.6 is 7.36 Å². The van der Waals surface area contributed by atoms with Gasteiger partial charge in [0, 0.05) is 5.16 Å². The Labute approximate surface area is 146 Å². The summed E-state index contributed by atoms with van der Waals surface area (Å²) < 4.78 is 0. The maximum Gasteiger partial charge on any atom is 0.0282 e. The summed E-state index contributed by atoms with van der Waals surface area (Å²) in [6.45, 7) is 2.32. The van der Waals surface area contributed by atoms with E-state index in [9.17, 15) is 0 Å². The van der Waals surface area contributed by atoms with Crippen molar-refractivity contribution in [3.63, 3.8) is 0 Å². The van der Waals surface area contributed by atoms with Crippen LogP contribution in [-0.2, 0) is 11.8 Å². The lowest BCUT2D eigenvalue weighted by Gasteiger charge is -2.46. The van der Waals surface area contributed by atoms with Crippen molar-refractivity contribution in [2.45, 2.75) is 115 Å². The van der Waals surface area contributed by atoms with E-state index < -0.39 is 0 Å². The number of hydrogen-bond acceptors (Lipinski definition) is 1. The van der Waals surface area contributed by atoms with Gasteiger partial charge >= 0.3 is 0 Å². The Morgan fingerprint density at radius 3 is 1.73 bits per heavy atom. The maximum atomic E-state index is 5.82. The van der Waals surface area contributed by atoms with Crippen molar-refractivity contribution >= 4 is 19.2 Å². The Balaban J connectivity index is 2.01. The second kappa shape index (κ2) is 10.4. The van der Waals surface area contributed by atoms with Crippen molar-refractivity contribution in [3.8, 4) is 0 Å². The Hall–Kier alpha value is 0.520. The molecule has 2 heteroatoms. The number of hydrogen-bond donors (Lipinski definition) is 0. The Morgan fingerprint density at radius 1 is 0.773 bits per heavy atom. The predicted molar refractivity (Wildman–Crippen MR) is 104 cm³/mol. The molecule has 0 radical (unpaired) electrons. The molecule has 0 heterocycles. The lowest BCUT2D eigenvalue weighted by atomic mass is 9.67. The molecule has 0 nitrogen and oxygen atoms in total. The first-order valence-corrected chi connectivity index (χ1v) is 12.1. The minimum atomic E-state index is 0.516. The molecular weight excluding hydrogens is 303 g/mol. The van der Waals surface area contributed by atoms with E-state index in [-0.39, 0.29) is 0 Å². The van der Waals surface area contributed by atoms with Crippen LogP contribution < -0.4 is 0 Å². The van der Waals surface area contributed by atoms with Crippen LogP contribution in [0.5, 0.6) is 0 Å². The topological polar surface area (TPSA) is 0 Å². The average molecular weight is 341 g/mol. The van der Waals surface area contributed by atoms with Gasteiger partial charge in [-0.05, 0) is 51.3 Å². The van der Waals surface area contributed by atoms with Gasteiger partial charge in [-0.2, -0.15) is 0 Å². The summed E-state index contributed by atoms with van der Waals surface area (Å²) in [6, 6.07) is 0. The van der Waals surface area contributed by atoms with Crippen LogP contribution in [0, 0.1) is 11.8 Å². The first-order valence-electron chi connectivity index (χ1n) is 10.2. The average Bonchev–Trinajstić information content (AvgIpc) is 2.60. The molecule has 2 fully saturated rings. The molecule has 0 aliphatic heterocycles. The summed E-state index contributed by atoms with van der Waals surface area (Å²) in [4.78, 5) is 0. The van der Waals surface area contributed by atoms with Crippen LogP contribution in [0.25, 0.3) is 0 Å². The highest BCUT2D eigenvalue weighted by molar-refractivity contribution is 7.97. The van der Waals surface area contributed by atoms with E-state index >= 15 is 0 Å². The van der Waals surface area contributed by atoms with Gasteiger partial charge in [0.2, 0.25) is 0 Å². The number of rotatable bonds is 9. The zero-order valence-corrected chi connectivity index (χ0v) is 16.5. The van der Waals surface area contributed by atoms with E-state index in [4.69, 9.17) is 11.8 Å². The van der Waals surface area contributed by atoms with Crippen molar-refractivity contribution < 1.29 is 0 Å². The van der Waals surface area contributed by atoms with E-state index in [0.29, 0.717) is 5.16 Å². The van der Waals surface area contributed by atoms with Gasteiger partial charge in [0.25, 0.3) is 0 Å². The van der Waals surface area contributed by atoms with Crippen LogP contribution in [0.1, 0.15) is 110 Å². The van der Waals surface area contributed by atoms with Gasteiger partial charge < -0.3 is 0 Å². The molecule has 0 aromatic rings. The quantitative estimate of drug-likeness (QED) is 0.307. The molecule has 0 spiro atoms. The van der Waals surface area contributed by atoms with Crippen molar-refractivity contribution in [2.24, 2.45) is 11.8 Å². The first kappa shape index (κ1) is 18.9. The second-order valence-corrected chi connectivity index (χ2v) is 9.48. The van der Waals surface area contributed by atoms with E-state index in [1.807, 2.05) is 0 Å². The third-order valence-electron chi connectivity index (χ3n) is 6.48. The van der Waals surface area contributed by atoms with Gasteiger partial charge in [0.1, 0.15) is 0 Å². The van der Waals surface area contributed by atoms with E-state index in [1.54, 1.807) is 0 Å². The van der Waals surface area contributed by atoms with E-state index in [0.717, 1.165) is 11.8 Å². The highest BCUT2D eigenvalue weighted by atomic mass is 32.4. The standard InChI is InChI=1S/C20H37PS/c1-2-3-4-5-12-17-20(21-22,18-13-8-6-9-14-18)19-15-10-7-11-16-19/h18-19H,2-17H2,1H3. The van der Waals surface area contributed by atoms with Crippen molar-refractivity contribution in [3.05, 3.63) is 0 Å². The van der Waals surface area contributed by atoms with Crippen LogP contribution in [0.3, 0.4) is 0 Å².